The molecule has 0 radical (unpaired) electrons. The molecule has 0 saturated carbocycles. The van der Waals surface area contributed by atoms with E-state index in [-0.39, 0.29) is 22.5 Å². The molecule has 32 heavy (non-hydrogen) atoms. The first kappa shape index (κ1) is 24.2. The molecule has 0 bridgehead atoms. The average molecular weight is 461 g/mol. The Hall–Kier alpha value is -2.44. The highest BCUT2D eigenvalue weighted by Crippen LogP contribution is 2.34. The highest BCUT2D eigenvalue weighted by Gasteiger charge is 2.19. The van der Waals surface area contributed by atoms with Gasteiger partial charge >= 0.3 is 5.97 Å². The maximum absolute atomic E-state index is 12.3. The number of carbonyl (C=O) groups is 1. The lowest BCUT2D eigenvalue weighted by atomic mass is 9.86. The van der Waals surface area contributed by atoms with Gasteiger partial charge in [0.25, 0.3) is 0 Å². The van der Waals surface area contributed by atoms with Crippen molar-refractivity contribution in [1.29, 1.82) is 0 Å². The molecule has 1 aliphatic heterocycles. The number of rotatable bonds is 7. The minimum Gasteiger partial charge on any atom is -0.507 e. The van der Waals surface area contributed by atoms with E-state index in [1.807, 2.05) is 6.07 Å². The number of anilines is 1. The van der Waals surface area contributed by atoms with E-state index in [1.54, 1.807) is 18.2 Å². The zero-order valence-corrected chi connectivity index (χ0v) is 19.8. The molecular weight excluding hydrogens is 428 g/mol. The van der Waals surface area contributed by atoms with Gasteiger partial charge in [-0.3, -0.25) is 4.90 Å². The quantitative estimate of drug-likeness (QED) is 0.486. The van der Waals surface area contributed by atoms with Gasteiger partial charge < -0.3 is 20.3 Å². The molecule has 1 fully saturated rings. The van der Waals surface area contributed by atoms with E-state index >= 15 is 0 Å². The van der Waals surface area contributed by atoms with Crippen LogP contribution in [0, 0.1) is 0 Å². The summed E-state index contributed by atoms with van der Waals surface area (Å²) in [6.45, 7) is 9.66. The predicted molar refractivity (Wildman–Crippen MR) is 128 cm³/mol. The fraction of sp³-hybridized carbons (Fsp3) is 0.480. The predicted octanol–water partition coefficient (Wildman–Crippen LogP) is 5.30. The molecule has 3 rings (SSSR count). The Kier molecular flexibility index (Phi) is 7.91. The van der Waals surface area contributed by atoms with Crippen LogP contribution in [0.15, 0.2) is 30.3 Å². The number of halogens is 1. The fourth-order valence-electron chi connectivity index (χ4n) is 3.76. The molecule has 0 aliphatic carbocycles. The second-order valence-electron chi connectivity index (χ2n) is 9.34. The Morgan fingerprint density at radius 3 is 2.50 bits per heavy atom. The Morgan fingerprint density at radius 1 is 1.12 bits per heavy atom. The fourth-order valence-corrected chi connectivity index (χ4v) is 4.00. The van der Waals surface area contributed by atoms with Crippen molar-refractivity contribution in [3.63, 3.8) is 0 Å². The summed E-state index contributed by atoms with van der Waals surface area (Å²) < 4.78 is 5.35. The van der Waals surface area contributed by atoms with E-state index < -0.39 is 5.97 Å². The molecule has 6 nitrogen and oxygen atoms in total. The topological polar surface area (TPSA) is 82.0 Å². The van der Waals surface area contributed by atoms with Gasteiger partial charge in [-0.2, -0.15) is 0 Å². The molecule has 1 saturated heterocycles. The summed E-state index contributed by atoms with van der Waals surface area (Å²) in [7, 11) is 0. The van der Waals surface area contributed by atoms with Crippen LogP contribution < -0.4 is 5.32 Å². The van der Waals surface area contributed by atoms with Crippen molar-refractivity contribution in [3.05, 3.63) is 52.0 Å². The number of benzene rings is 2. The van der Waals surface area contributed by atoms with E-state index in [9.17, 15) is 15.0 Å². The lowest BCUT2D eigenvalue weighted by Gasteiger charge is -2.25. The van der Waals surface area contributed by atoms with Gasteiger partial charge in [-0.05, 0) is 61.2 Å². The SMILES string of the molecule is CC(C)(C)c1cc(Cl)c(O)c(CNc2ccc(C(=O)OCCN3CCCCC3)c(O)c2)c1. The van der Waals surface area contributed by atoms with Crippen molar-refractivity contribution in [2.75, 3.05) is 31.6 Å². The minimum absolute atomic E-state index is 0.0327. The van der Waals surface area contributed by atoms with Gasteiger partial charge in [0.1, 0.15) is 23.7 Å². The zero-order chi connectivity index (χ0) is 23.3. The summed E-state index contributed by atoms with van der Waals surface area (Å²) in [5.74, 6) is -0.651. The van der Waals surface area contributed by atoms with Crippen LogP contribution in [0.3, 0.4) is 0 Å². The smallest absolute Gasteiger partial charge is 0.341 e. The van der Waals surface area contributed by atoms with Crippen LogP contribution in [0.2, 0.25) is 5.02 Å². The molecule has 0 unspecified atom stereocenters. The number of phenols is 2. The average Bonchev–Trinajstić information content (AvgIpc) is 2.74. The van der Waals surface area contributed by atoms with E-state index in [0.29, 0.717) is 36.0 Å². The van der Waals surface area contributed by atoms with Crippen molar-refractivity contribution < 1.29 is 19.7 Å². The second-order valence-corrected chi connectivity index (χ2v) is 9.75. The van der Waals surface area contributed by atoms with Gasteiger partial charge in [-0.1, -0.05) is 38.8 Å². The van der Waals surface area contributed by atoms with Crippen molar-refractivity contribution in [2.24, 2.45) is 0 Å². The molecule has 2 aromatic rings. The third-order valence-corrected chi connectivity index (χ3v) is 6.09. The Balaban J connectivity index is 1.59. The second kappa shape index (κ2) is 10.5. The molecule has 7 heteroatoms. The van der Waals surface area contributed by atoms with E-state index in [1.165, 1.54) is 25.3 Å². The maximum atomic E-state index is 12.3. The summed E-state index contributed by atoms with van der Waals surface area (Å²) in [4.78, 5) is 14.6. The van der Waals surface area contributed by atoms with Crippen LogP contribution in [0.4, 0.5) is 5.69 Å². The highest BCUT2D eigenvalue weighted by atomic mass is 35.5. The number of piperidine rings is 1. The Morgan fingerprint density at radius 2 is 1.84 bits per heavy atom. The van der Waals surface area contributed by atoms with Crippen LogP contribution in [0.1, 0.15) is 61.5 Å². The number of nitrogens with one attached hydrogen (secondary N) is 1. The largest absolute Gasteiger partial charge is 0.507 e. The molecular formula is C25H33ClN2O4. The summed E-state index contributed by atoms with van der Waals surface area (Å²) in [6, 6.07) is 8.42. The molecule has 2 aromatic carbocycles. The summed E-state index contributed by atoms with van der Waals surface area (Å²) in [6.07, 6.45) is 3.64. The first-order valence-electron chi connectivity index (χ1n) is 11.1. The minimum atomic E-state index is -0.534. The number of hydrogen-bond acceptors (Lipinski definition) is 6. The van der Waals surface area contributed by atoms with E-state index in [0.717, 1.165) is 18.7 Å². The normalized spacial score (nSPS) is 14.9. The number of nitrogens with zero attached hydrogens (tertiary/aromatic N) is 1. The van der Waals surface area contributed by atoms with Crippen LogP contribution in [-0.2, 0) is 16.7 Å². The van der Waals surface area contributed by atoms with Crippen LogP contribution in [-0.4, -0.2) is 47.3 Å². The molecule has 0 atom stereocenters. The molecule has 1 heterocycles. The number of hydrogen-bond donors (Lipinski definition) is 3. The third kappa shape index (κ3) is 6.30. The van der Waals surface area contributed by atoms with Gasteiger partial charge in [-0.25, -0.2) is 4.79 Å². The van der Waals surface area contributed by atoms with E-state index in [4.69, 9.17) is 16.3 Å². The van der Waals surface area contributed by atoms with Crippen LogP contribution in [0.25, 0.3) is 0 Å². The first-order chi connectivity index (χ1) is 15.1. The number of esters is 1. The first-order valence-corrected chi connectivity index (χ1v) is 11.5. The summed E-state index contributed by atoms with van der Waals surface area (Å²) in [5, 5.41) is 24.1. The maximum Gasteiger partial charge on any atom is 0.341 e. The molecule has 0 amide bonds. The standard InChI is InChI=1S/C25H33ClN2O4/c1-25(2,3)18-13-17(23(30)21(26)14-18)16-27-19-7-8-20(22(29)15-19)24(31)32-12-11-28-9-5-4-6-10-28/h7-8,13-15,27,29-30H,4-6,9-12,16H2,1-3H3. The Labute approximate surface area is 195 Å². The molecule has 3 N–H and O–H groups in total. The van der Waals surface area contributed by atoms with E-state index in [2.05, 4.69) is 31.0 Å². The van der Waals surface area contributed by atoms with Gasteiger partial charge in [0.15, 0.2) is 0 Å². The van der Waals surface area contributed by atoms with Crippen LogP contribution in [0.5, 0.6) is 11.5 Å². The number of phenolic OH excluding ortho intramolecular Hbond substituents is 2. The molecule has 174 valence electrons. The van der Waals surface area contributed by atoms with Gasteiger partial charge in [0.05, 0.1) is 5.02 Å². The van der Waals surface area contributed by atoms with Crippen molar-refractivity contribution in [1.82, 2.24) is 4.90 Å². The number of carbonyl (C=O) groups excluding carboxylic acids is 1. The number of ether oxygens (including phenoxy) is 1. The zero-order valence-electron chi connectivity index (χ0n) is 19.1. The van der Waals surface area contributed by atoms with Crippen LogP contribution >= 0.6 is 11.6 Å². The Bertz CT molecular complexity index is 950. The third-order valence-electron chi connectivity index (χ3n) is 5.80. The van der Waals surface area contributed by atoms with Gasteiger partial charge in [0, 0.05) is 30.4 Å². The molecule has 0 aromatic heterocycles. The summed E-state index contributed by atoms with van der Waals surface area (Å²) >= 11 is 6.21. The van der Waals surface area contributed by atoms with Crippen molar-refractivity contribution in [2.45, 2.75) is 52.0 Å². The van der Waals surface area contributed by atoms with Crippen molar-refractivity contribution >= 4 is 23.3 Å². The molecule has 0 spiro atoms. The van der Waals surface area contributed by atoms with Crippen molar-refractivity contribution in [3.8, 4) is 11.5 Å². The summed E-state index contributed by atoms with van der Waals surface area (Å²) in [5.41, 5.74) is 2.31. The number of aromatic hydroxyl groups is 2. The molecule has 1 aliphatic rings. The lowest BCUT2D eigenvalue weighted by Crippen LogP contribution is -2.33. The lowest BCUT2D eigenvalue weighted by molar-refractivity contribution is 0.0449. The monoisotopic (exact) mass is 460 g/mol. The highest BCUT2D eigenvalue weighted by molar-refractivity contribution is 6.32. The van der Waals surface area contributed by atoms with Gasteiger partial charge in [0.2, 0.25) is 0 Å². The number of likely N-dealkylation sites (tertiary alicyclic amines) is 1. The van der Waals surface area contributed by atoms with Gasteiger partial charge in [-0.15, -0.1) is 0 Å².